The fourth-order valence-corrected chi connectivity index (χ4v) is 9.85. The monoisotopic (exact) mass is 516 g/mol. The predicted molar refractivity (Wildman–Crippen MR) is 135 cm³/mol. The van der Waals surface area contributed by atoms with Crippen LogP contribution < -0.4 is 0 Å². The average Bonchev–Trinajstić information content (AvgIpc) is 3.29. The number of hydrogen-bond acceptors (Lipinski definition) is 7. The van der Waals surface area contributed by atoms with Crippen LogP contribution in [-0.4, -0.2) is 61.3 Å². The second-order valence-corrected chi connectivity index (χ2v) is 13.5. The Morgan fingerprint density at radius 1 is 1.03 bits per heavy atom. The zero-order valence-electron chi connectivity index (χ0n) is 22.9. The zero-order valence-corrected chi connectivity index (χ0v) is 22.9. The fourth-order valence-electron chi connectivity index (χ4n) is 9.85. The summed E-state index contributed by atoms with van der Waals surface area (Å²) in [4.78, 5) is 26.1. The number of aliphatic hydroxyl groups excluding tert-OH is 1. The highest BCUT2D eigenvalue weighted by Gasteiger charge is 2.67. The summed E-state index contributed by atoms with van der Waals surface area (Å²) in [5.41, 5.74) is 0.597. The lowest BCUT2D eigenvalue weighted by Crippen LogP contribution is -2.64. The first-order valence-electron chi connectivity index (χ1n) is 14.5. The van der Waals surface area contributed by atoms with Crippen molar-refractivity contribution in [3.8, 4) is 0 Å². The number of carbonyl (C=O) groups excluding carboxylic acids is 2. The highest BCUT2D eigenvalue weighted by atomic mass is 16.7. The van der Waals surface area contributed by atoms with Crippen LogP contribution in [0.4, 0.5) is 0 Å². The van der Waals surface area contributed by atoms with Gasteiger partial charge in [0, 0.05) is 30.4 Å². The molecule has 37 heavy (non-hydrogen) atoms. The number of Topliss-reactive ketones (excluding diaryl/α,β-unsaturated/α-hetero) is 1. The summed E-state index contributed by atoms with van der Waals surface area (Å²) < 4.78 is 23.2. The van der Waals surface area contributed by atoms with Crippen molar-refractivity contribution in [2.24, 2.45) is 34.0 Å². The van der Waals surface area contributed by atoms with Gasteiger partial charge in [-0.25, -0.2) is 4.79 Å². The number of hydrogen-bond donors (Lipinski definition) is 1. The second-order valence-electron chi connectivity index (χ2n) is 13.5. The van der Waals surface area contributed by atoms with Gasteiger partial charge in [0.05, 0.1) is 18.3 Å². The van der Waals surface area contributed by atoms with Crippen LogP contribution in [0.25, 0.3) is 0 Å². The van der Waals surface area contributed by atoms with Gasteiger partial charge < -0.3 is 24.1 Å². The number of carbonyl (C=O) groups is 2. The van der Waals surface area contributed by atoms with E-state index in [1.54, 1.807) is 13.2 Å². The molecule has 2 bridgehead atoms. The molecule has 1 spiro atoms. The van der Waals surface area contributed by atoms with Crippen LogP contribution in [0.3, 0.4) is 0 Å². The Balaban J connectivity index is 1.16. The summed E-state index contributed by atoms with van der Waals surface area (Å²) in [5.74, 6) is 1.33. The summed E-state index contributed by atoms with van der Waals surface area (Å²) in [6, 6.07) is 0. The summed E-state index contributed by atoms with van der Waals surface area (Å²) in [7, 11) is 1.63. The third-order valence-electron chi connectivity index (χ3n) is 11.9. The van der Waals surface area contributed by atoms with Gasteiger partial charge in [0.2, 0.25) is 0 Å². The lowest BCUT2D eigenvalue weighted by Gasteiger charge is -2.66. The van der Waals surface area contributed by atoms with Crippen LogP contribution in [0, 0.1) is 34.0 Å². The van der Waals surface area contributed by atoms with E-state index in [2.05, 4.69) is 13.8 Å². The molecule has 0 radical (unpaired) electrons. The van der Waals surface area contributed by atoms with Gasteiger partial charge in [-0.05, 0) is 93.5 Å². The van der Waals surface area contributed by atoms with Gasteiger partial charge in [-0.15, -0.1) is 0 Å². The summed E-state index contributed by atoms with van der Waals surface area (Å²) in [6.07, 6.45) is 9.85. The van der Waals surface area contributed by atoms with Crippen molar-refractivity contribution < 1.29 is 33.6 Å². The maximum atomic E-state index is 14.4. The molecule has 0 unspecified atom stereocenters. The smallest absolute Gasteiger partial charge is 0.331 e. The molecule has 206 valence electrons. The molecule has 1 saturated heterocycles. The minimum absolute atomic E-state index is 0.139. The zero-order chi connectivity index (χ0) is 26.2. The van der Waals surface area contributed by atoms with Crippen molar-refractivity contribution in [3.63, 3.8) is 0 Å². The topological polar surface area (TPSA) is 91.3 Å². The molecule has 1 N–H and O–H groups in total. The molecule has 2 heterocycles. The average molecular weight is 517 g/mol. The van der Waals surface area contributed by atoms with Crippen molar-refractivity contribution in [2.75, 3.05) is 13.7 Å². The molecule has 5 fully saturated rings. The Morgan fingerprint density at radius 3 is 2.54 bits per heavy atom. The van der Waals surface area contributed by atoms with Crippen molar-refractivity contribution in [2.45, 2.75) is 116 Å². The number of methoxy groups -OCH3 is 1. The van der Waals surface area contributed by atoms with E-state index in [1.165, 1.54) is 0 Å². The van der Waals surface area contributed by atoms with Gasteiger partial charge >= 0.3 is 5.97 Å². The minimum Gasteiger partial charge on any atom is -0.458 e. The van der Waals surface area contributed by atoms with Crippen LogP contribution in [0.2, 0.25) is 0 Å². The van der Waals surface area contributed by atoms with E-state index in [1.807, 2.05) is 6.92 Å². The normalized spacial score (nSPS) is 51.6. The van der Waals surface area contributed by atoms with Crippen molar-refractivity contribution in [3.05, 3.63) is 11.6 Å². The Kier molecular flexibility index (Phi) is 6.42. The molecule has 0 aromatic carbocycles. The van der Waals surface area contributed by atoms with E-state index in [-0.39, 0.29) is 52.7 Å². The van der Waals surface area contributed by atoms with Gasteiger partial charge in [-0.1, -0.05) is 13.8 Å². The largest absolute Gasteiger partial charge is 0.458 e. The Labute approximate surface area is 220 Å². The molecule has 7 nitrogen and oxygen atoms in total. The number of rotatable bonds is 4. The van der Waals surface area contributed by atoms with Gasteiger partial charge in [0.25, 0.3) is 0 Å². The van der Waals surface area contributed by atoms with Gasteiger partial charge in [0.15, 0.2) is 6.29 Å². The molecule has 6 rings (SSSR count). The lowest BCUT2D eigenvalue weighted by atomic mass is 9.37. The molecule has 7 heteroatoms. The first kappa shape index (κ1) is 26.0. The minimum atomic E-state index is -0.628. The van der Waals surface area contributed by atoms with Gasteiger partial charge in [0.1, 0.15) is 18.5 Å². The van der Waals surface area contributed by atoms with E-state index in [0.29, 0.717) is 30.6 Å². The Bertz CT molecular complexity index is 977. The number of fused-ring (bicyclic) bond motifs is 3. The summed E-state index contributed by atoms with van der Waals surface area (Å²) in [5, 5.41) is 10.3. The molecule has 6 aliphatic rings. The number of aliphatic hydroxyl groups is 1. The van der Waals surface area contributed by atoms with Crippen LogP contribution in [0.1, 0.15) is 85.0 Å². The molecule has 4 saturated carbocycles. The van der Waals surface area contributed by atoms with E-state index < -0.39 is 6.10 Å². The van der Waals surface area contributed by atoms with E-state index in [9.17, 15) is 14.7 Å². The standard InChI is InChI=1S/C30H44O7/c1-17-26(32)22(34-4)15-25(36-17)37-20-6-9-28(2)19(14-20)5-11-30-12-7-21(18-13-24(31)35-16-18)29(3,27(30)33)10-8-23(28)30/h13,17,19-23,25-26,32H,5-12,14-16H2,1-4H3/t17-,19-,20+,21-,22-,23-,25-,26+,28+,29-,30-/m1/s1. The van der Waals surface area contributed by atoms with Gasteiger partial charge in [-0.2, -0.15) is 0 Å². The molecule has 0 aromatic rings. The number of ketones is 1. The first-order valence-corrected chi connectivity index (χ1v) is 14.5. The third-order valence-corrected chi connectivity index (χ3v) is 11.9. The Hall–Kier alpha value is -1.28. The van der Waals surface area contributed by atoms with Crippen LogP contribution >= 0.6 is 0 Å². The quantitative estimate of drug-likeness (QED) is 0.439. The molecule has 4 aliphatic carbocycles. The number of esters is 1. The van der Waals surface area contributed by atoms with Crippen LogP contribution in [0.15, 0.2) is 11.6 Å². The fraction of sp³-hybridized carbons (Fsp3) is 0.867. The first-order chi connectivity index (χ1) is 17.6. The number of ether oxygens (including phenoxy) is 4. The second kappa shape index (κ2) is 9.14. The van der Waals surface area contributed by atoms with Crippen LogP contribution in [0.5, 0.6) is 0 Å². The summed E-state index contributed by atoms with van der Waals surface area (Å²) >= 11 is 0. The molecule has 0 aromatic heterocycles. The van der Waals surface area contributed by atoms with Crippen molar-refractivity contribution >= 4 is 11.8 Å². The molecule has 0 amide bonds. The molecule has 11 atom stereocenters. The molecule has 2 aliphatic heterocycles. The van der Waals surface area contributed by atoms with E-state index in [0.717, 1.165) is 63.4 Å². The third kappa shape index (κ3) is 3.89. The Morgan fingerprint density at radius 2 is 1.81 bits per heavy atom. The van der Waals surface area contributed by atoms with Crippen molar-refractivity contribution in [1.29, 1.82) is 0 Å². The molecular formula is C30H44O7. The maximum Gasteiger partial charge on any atom is 0.331 e. The highest BCUT2D eigenvalue weighted by molar-refractivity contribution is 5.93. The van der Waals surface area contributed by atoms with Crippen LogP contribution in [-0.2, 0) is 28.5 Å². The predicted octanol–water partition coefficient (Wildman–Crippen LogP) is 4.35. The highest BCUT2D eigenvalue weighted by Crippen LogP contribution is 2.70. The molecular weight excluding hydrogens is 472 g/mol. The van der Waals surface area contributed by atoms with Gasteiger partial charge in [-0.3, -0.25) is 4.79 Å². The maximum absolute atomic E-state index is 14.4. The summed E-state index contributed by atoms with van der Waals surface area (Å²) in [6.45, 7) is 6.87. The lowest BCUT2D eigenvalue weighted by molar-refractivity contribution is -0.272. The SMILES string of the molecule is CO[C@@H]1C[C@@H](O[C@H]2CC[C@@]3(C)[C@H](CC[C@@]45CC[C@H](C6=CC(=O)OC6)[C@@](C)(CC[C@@H]43)C5=O)C2)O[C@H](C)[C@@H]1O. The number of cyclic esters (lactones) is 1. The van der Waals surface area contributed by atoms with E-state index in [4.69, 9.17) is 18.9 Å². The van der Waals surface area contributed by atoms with E-state index >= 15 is 0 Å². The van der Waals surface area contributed by atoms with Crippen molar-refractivity contribution in [1.82, 2.24) is 0 Å².